The summed E-state index contributed by atoms with van der Waals surface area (Å²) in [6, 6.07) is 3.89. The lowest BCUT2D eigenvalue weighted by molar-refractivity contribution is 0.0944. The van der Waals surface area contributed by atoms with Gasteiger partial charge in [0.05, 0.1) is 4.90 Å². The average molecular weight is 317 g/mol. The third-order valence-corrected chi connectivity index (χ3v) is 4.90. The van der Waals surface area contributed by atoms with Gasteiger partial charge in [-0.05, 0) is 42.9 Å². The van der Waals surface area contributed by atoms with E-state index in [1.54, 1.807) is 0 Å². The molecule has 110 valence electrons. The number of halogens is 1. The summed E-state index contributed by atoms with van der Waals surface area (Å²) in [4.78, 5) is 11.9. The third-order valence-electron chi connectivity index (χ3n) is 3.79. The molecule has 7 heteroatoms. The van der Waals surface area contributed by atoms with Crippen molar-refractivity contribution >= 4 is 27.5 Å². The number of carbonyl (C=O) groups is 1. The van der Waals surface area contributed by atoms with Crippen molar-refractivity contribution in [2.45, 2.75) is 31.1 Å². The first-order chi connectivity index (χ1) is 9.26. The number of hydrogen-bond donors (Lipinski definition) is 2. The molecule has 5 nitrogen and oxygen atoms in total. The minimum atomic E-state index is -3.88. The van der Waals surface area contributed by atoms with Crippen LogP contribution in [-0.2, 0) is 10.0 Å². The highest BCUT2D eigenvalue weighted by molar-refractivity contribution is 7.89. The monoisotopic (exact) mass is 316 g/mol. The van der Waals surface area contributed by atoms with Crippen LogP contribution >= 0.6 is 11.6 Å². The number of nitrogens with one attached hydrogen (secondary N) is 1. The fourth-order valence-electron chi connectivity index (χ4n) is 2.06. The number of nitrogens with two attached hydrogens (primary N) is 1. The van der Waals surface area contributed by atoms with Gasteiger partial charge in [-0.2, -0.15) is 0 Å². The molecule has 1 aromatic carbocycles. The highest BCUT2D eigenvalue weighted by atomic mass is 35.5. The van der Waals surface area contributed by atoms with Gasteiger partial charge in [0.25, 0.3) is 5.91 Å². The van der Waals surface area contributed by atoms with Crippen molar-refractivity contribution < 1.29 is 13.2 Å². The van der Waals surface area contributed by atoms with Crippen LogP contribution < -0.4 is 10.5 Å². The Kier molecular flexibility index (Phi) is 4.09. The molecule has 1 fully saturated rings. The quantitative estimate of drug-likeness (QED) is 0.869. The number of sulfonamides is 1. The number of benzene rings is 1. The van der Waals surface area contributed by atoms with Gasteiger partial charge in [-0.3, -0.25) is 4.79 Å². The summed E-state index contributed by atoms with van der Waals surface area (Å²) in [5, 5.41) is 8.04. The van der Waals surface area contributed by atoms with Gasteiger partial charge in [-0.1, -0.05) is 18.5 Å². The van der Waals surface area contributed by atoms with Crippen molar-refractivity contribution in [1.29, 1.82) is 0 Å². The van der Waals surface area contributed by atoms with E-state index >= 15 is 0 Å². The Hall–Kier alpha value is -1.11. The zero-order valence-corrected chi connectivity index (χ0v) is 12.7. The Balaban J connectivity index is 2.16. The topological polar surface area (TPSA) is 89.3 Å². The number of carbonyl (C=O) groups excluding carboxylic acids is 1. The summed E-state index contributed by atoms with van der Waals surface area (Å²) < 4.78 is 22.6. The Morgan fingerprint density at radius 2 is 2.05 bits per heavy atom. The van der Waals surface area contributed by atoms with Gasteiger partial charge in [-0.15, -0.1) is 0 Å². The van der Waals surface area contributed by atoms with E-state index in [-0.39, 0.29) is 26.8 Å². The molecule has 0 saturated heterocycles. The smallest absolute Gasteiger partial charge is 0.251 e. The molecule has 0 unspecified atom stereocenters. The van der Waals surface area contributed by atoms with Gasteiger partial charge in [-0.25, -0.2) is 13.6 Å². The van der Waals surface area contributed by atoms with Gasteiger partial charge in [0.1, 0.15) is 0 Å². The largest absolute Gasteiger partial charge is 0.351 e. The van der Waals surface area contributed by atoms with Crippen LogP contribution in [0.4, 0.5) is 0 Å². The number of rotatable bonds is 5. The zero-order valence-electron chi connectivity index (χ0n) is 11.1. The Morgan fingerprint density at radius 3 is 2.55 bits per heavy atom. The van der Waals surface area contributed by atoms with Crippen LogP contribution in [0.5, 0.6) is 0 Å². The van der Waals surface area contributed by atoms with Crippen molar-refractivity contribution in [3.05, 3.63) is 28.8 Å². The van der Waals surface area contributed by atoms with Gasteiger partial charge in [0, 0.05) is 17.1 Å². The molecule has 1 aliphatic carbocycles. The second kappa shape index (κ2) is 5.35. The Bertz CT molecular complexity index is 639. The highest BCUT2D eigenvalue weighted by Gasteiger charge is 2.40. The maximum absolute atomic E-state index is 12.1. The molecule has 2 rings (SSSR count). The maximum atomic E-state index is 12.1. The normalized spacial score (nSPS) is 16.8. The van der Waals surface area contributed by atoms with Gasteiger partial charge in [0.2, 0.25) is 10.0 Å². The predicted octanol–water partition coefficient (Wildman–Crippen LogP) is 1.91. The van der Waals surface area contributed by atoms with Gasteiger partial charge >= 0.3 is 0 Å². The van der Waals surface area contributed by atoms with Crippen LogP contribution in [-0.4, -0.2) is 20.9 Å². The lowest BCUT2D eigenvalue weighted by Gasteiger charge is -2.13. The third kappa shape index (κ3) is 3.50. The fraction of sp³-hybridized carbons (Fsp3) is 0.462. The SMILES string of the molecule is CCC1(CNC(=O)c2cc(Cl)cc(S(N)(=O)=O)c2)CC1. The predicted molar refractivity (Wildman–Crippen MR) is 77.1 cm³/mol. The minimum Gasteiger partial charge on any atom is -0.351 e. The van der Waals surface area contributed by atoms with Gasteiger partial charge < -0.3 is 5.32 Å². The van der Waals surface area contributed by atoms with E-state index < -0.39 is 10.0 Å². The van der Waals surface area contributed by atoms with Crippen molar-refractivity contribution in [2.24, 2.45) is 10.6 Å². The number of amides is 1. The molecule has 0 heterocycles. The molecule has 3 N–H and O–H groups in total. The molecule has 0 atom stereocenters. The summed E-state index contributed by atoms with van der Waals surface area (Å²) in [5.74, 6) is -0.336. The highest BCUT2D eigenvalue weighted by Crippen LogP contribution is 2.47. The van der Waals surface area contributed by atoms with Gasteiger partial charge in [0.15, 0.2) is 0 Å². The molecule has 0 bridgehead atoms. The standard InChI is InChI=1S/C13H17ClN2O3S/c1-2-13(3-4-13)8-16-12(17)9-5-10(14)7-11(6-9)20(15,18)19/h5-7H,2-4,8H2,1H3,(H,16,17)(H2,15,18,19). The molecule has 1 aromatic rings. The van der Waals surface area contributed by atoms with Crippen LogP contribution in [0.25, 0.3) is 0 Å². The lowest BCUT2D eigenvalue weighted by atomic mass is 10.0. The first-order valence-electron chi connectivity index (χ1n) is 6.37. The number of hydrogen-bond acceptors (Lipinski definition) is 3. The summed E-state index contributed by atoms with van der Waals surface area (Å²) in [5.41, 5.74) is 0.422. The van der Waals surface area contributed by atoms with Crippen LogP contribution in [0, 0.1) is 5.41 Å². The van der Waals surface area contributed by atoms with Crippen molar-refractivity contribution in [3.8, 4) is 0 Å². The first-order valence-corrected chi connectivity index (χ1v) is 8.30. The molecule has 0 aliphatic heterocycles. The zero-order chi connectivity index (χ0) is 15.0. The van der Waals surface area contributed by atoms with Crippen molar-refractivity contribution in [2.75, 3.05) is 6.54 Å². The minimum absolute atomic E-state index is 0.160. The second-order valence-corrected chi connectivity index (χ2v) is 7.25. The molecule has 0 aromatic heterocycles. The molecule has 0 spiro atoms. The van der Waals surface area contributed by atoms with Crippen LogP contribution in [0.3, 0.4) is 0 Å². The Labute approximate surface area is 123 Å². The van der Waals surface area contributed by atoms with E-state index in [1.165, 1.54) is 18.2 Å². The second-order valence-electron chi connectivity index (χ2n) is 5.26. The lowest BCUT2D eigenvalue weighted by Crippen LogP contribution is -2.30. The molecular formula is C13H17ClN2O3S. The van der Waals surface area contributed by atoms with E-state index in [9.17, 15) is 13.2 Å². The van der Waals surface area contributed by atoms with Crippen LogP contribution in [0.1, 0.15) is 36.5 Å². The number of primary sulfonamides is 1. The molecule has 1 amide bonds. The van der Waals surface area contributed by atoms with E-state index in [2.05, 4.69) is 12.2 Å². The van der Waals surface area contributed by atoms with Crippen LogP contribution in [0.15, 0.2) is 23.1 Å². The first kappa shape index (κ1) is 15.3. The Morgan fingerprint density at radius 1 is 1.40 bits per heavy atom. The molecule has 1 saturated carbocycles. The summed E-state index contributed by atoms with van der Waals surface area (Å²) in [6.45, 7) is 2.69. The average Bonchev–Trinajstić information content (AvgIpc) is 3.15. The van der Waals surface area contributed by atoms with E-state index in [0.717, 1.165) is 19.3 Å². The maximum Gasteiger partial charge on any atom is 0.251 e. The molecule has 20 heavy (non-hydrogen) atoms. The molecule has 0 radical (unpaired) electrons. The van der Waals surface area contributed by atoms with Crippen molar-refractivity contribution in [3.63, 3.8) is 0 Å². The van der Waals surface area contributed by atoms with E-state index in [0.29, 0.717) is 6.54 Å². The van der Waals surface area contributed by atoms with Crippen LogP contribution in [0.2, 0.25) is 5.02 Å². The fourth-order valence-corrected chi connectivity index (χ4v) is 2.94. The summed E-state index contributed by atoms with van der Waals surface area (Å²) in [6.07, 6.45) is 3.24. The van der Waals surface area contributed by atoms with Crippen molar-refractivity contribution in [1.82, 2.24) is 5.32 Å². The molecular weight excluding hydrogens is 300 g/mol. The van der Waals surface area contributed by atoms with E-state index in [1.807, 2.05) is 0 Å². The molecule has 1 aliphatic rings. The summed E-state index contributed by atoms with van der Waals surface area (Å²) in [7, 11) is -3.88. The summed E-state index contributed by atoms with van der Waals surface area (Å²) >= 11 is 5.83. The van der Waals surface area contributed by atoms with E-state index in [4.69, 9.17) is 16.7 Å².